The van der Waals surface area contributed by atoms with Crippen molar-refractivity contribution in [3.05, 3.63) is 30.3 Å². The van der Waals surface area contributed by atoms with Crippen LogP contribution < -0.4 is 27.0 Å². The molecule has 2 saturated heterocycles. The van der Waals surface area contributed by atoms with E-state index in [1.54, 1.807) is 0 Å². The molecule has 6 N–H and O–H groups in total. The fraction of sp³-hybridized carbons (Fsp3) is 0.811. The molecule has 3 fully saturated rings. The van der Waals surface area contributed by atoms with Crippen LogP contribution in [0.5, 0.6) is 0 Å². The van der Waals surface area contributed by atoms with E-state index in [2.05, 4.69) is 76.4 Å². The second kappa shape index (κ2) is 18.6. The smallest absolute Gasteiger partial charge is 0.247 e. The average molecular weight is 626 g/mol. The third-order valence-electron chi connectivity index (χ3n) is 11.6. The highest BCUT2D eigenvalue weighted by Crippen LogP contribution is 2.46. The minimum absolute atomic E-state index is 0.264. The molecule has 0 aromatic heterocycles. The monoisotopic (exact) mass is 626 g/mol. The number of benzene rings is 1. The highest BCUT2D eigenvalue weighted by Gasteiger charge is 2.58. The molecule has 1 saturated carbocycles. The van der Waals surface area contributed by atoms with Gasteiger partial charge in [-0.15, -0.1) is 0 Å². The Morgan fingerprint density at radius 3 is 2.36 bits per heavy atom. The van der Waals surface area contributed by atoms with Crippen LogP contribution in [0.3, 0.4) is 0 Å². The molecule has 1 unspecified atom stereocenters. The Balaban J connectivity index is 1.35. The number of carbonyl (C=O) groups is 1. The Kier molecular flexibility index (Phi) is 14.9. The van der Waals surface area contributed by atoms with Gasteiger partial charge in [0.2, 0.25) is 5.91 Å². The van der Waals surface area contributed by atoms with Gasteiger partial charge in [0.25, 0.3) is 0 Å². The molecular formula is C37H67N7O. The first-order valence-corrected chi connectivity index (χ1v) is 18.6. The van der Waals surface area contributed by atoms with Crippen LogP contribution in [-0.4, -0.2) is 92.9 Å². The molecule has 1 aliphatic carbocycles. The Labute approximate surface area is 275 Å². The van der Waals surface area contributed by atoms with E-state index in [1.165, 1.54) is 63.5 Å². The molecular weight excluding hydrogens is 558 g/mol. The van der Waals surface area contributed by atoms with Crippen LogP contribution in [-0.2, 0) is 4.79 Å². The van der Waals surface area contributed by atoms with E-state index in [0.717, 1.165) is 70.5 Å². The number of unbranched alkanes of at least 4 members (excludes halogenated alkanes) is 3. The number of hydrogen-bond acceptors (Lipinski definition) is 7. The summed E-state index contributed by atoms with van der Waals surface area (Å²) in [5.74, 6) is 2.82. The quantitative estimate of drug-likeness (QED) is 0.166. The first kappa shape index (κ1) is 36.1. The lowest BCUT2D eigenvalue weighted by Crippen LogP contribution is -2.65. The van der Waals surface area contributed by atoms with E-state index >= 15 is 0 Å². The van der Waals surface area contributed by atoms with E-state index in [0.29, 0.717) is 37.6 Å². The molecule has 1 aromatic carbocycles. The Morgan fingerprint density at radius 1 is 0.978 bits per heavy atom. The standard InChI is InChI=1S/C37H67N7O/c1-4-31(12-8-5-6-11-22-40-23-27-42(25-20-38)26-21-39)35-28-43(33-17-15-32(16-18-33)30(2)3)24-19-37(35)36(45)41-29-44(37)34-13-9-7-10-14-34/h7,9-10,13-14,30-33,35,40H,4-6,8,11-12,15-29,38-39H2,1-3H3,(H,41,45)/t31?,32?,33?,35-,37+/m1/s1. The fourth-order valence-electron chi connectivity index (χ4n) is 8.88. The molecule has 1 amide bonds. The lowest BCUT2D eigenvalue weighted by Gasteiger charge is -2.53. The summed E-state index contributed by atoms with van der Waals surface area (Å²) < 4.78 is 0. The van der Waals surface area contributed by atoms with Crippen molar-refractivity contribution in [3.63, 3.8) is 0 Å². The minimum atomic E-state index is -0.445. The highest BCUT2D eigenvalue weighted by molar-refractivity contribution is 5.94. The zero-order chi connectivity index (χ0) is 32.1. The molecule has 2 heterocycles. The van der Waals surface area contributed by atoms with Gasteiger partial charge in [-0.05, 0) is 75.0 Å². The molecule has 3 aliphatic rings. The maximum absolute atomic E-state index is 14.0. The molecule has 0 bridgehead atoms. The van der Waals surface area contributed by atoms with Crippen LogP contribution in [0, 0.1) is 23.7 Å². The number of para-hydroxylation sites is 1. The fourth-order valence-corrected chi connectivity index (χ4v) is 8.88. The van der Waals surface area contributed by atoms with Gasteiger partial charge in [-0.1, -0.05) is 71.1 Å². The second-order valence-electron chi connectivity index (χ2n) is 14.6. The van der Waals surface area contributed by atoms with Crippen LogP contribution in [0.2, 0.25) is 0 Å². The van der Waals surface area contributed by atoms with E-state index in [1.807, 2.05) is 0 Å². The lowest BCUT2D eigenvalue weighted by atomic mass is 9.67. The van der Waals surface area contributed by atoms with Crippen molar-refractivity contribution in [1.82, 2.24) is 20.4 Å². The van der Waals surface area contributed by atoms with Crippen LogP contribution in [0.1, 0.15) is 91.4 Å². The van der Waals surface area contributed by atoms with Crippen molar-refractivity contribution in [2.75, 3.05) is 70.5 Å². The summed E-state index contributed by atoms with van der Waals surface area (Å²) in [4.78, 5) is 21.6. The maximum atomic E-state index is 14.0. The van der Waals surface area contributed by atoms with Crippen LogP contribution >= 0.6 is 0 Å². The summed E-state index contributed by atoms with van der Waals surface area (Å²) in [6, 6.07) is 11.4. The maximum Gasteiger partial charge on any atom is 0.247 e. The normalized spacial score (nSPS) is 26.7. The second-order valence-corrected chi connectivity index (χ2v) is 14.6. The number of piperidine rings is 1. The predicted molar refractivity (Wildman–Crippen MR) is 189 cm³/mol. The van der Waals surface area contributed by atoms with Crippen molar-refractivity contribution >= 4 is 11.6 Å². The van der Waals surface area contributed by atoms with Gasteiger partial charge in [0.05, 0.1) is 6.67 Å². The Bertz CT molecular complexity index is 963. The van der Waals surface area contributed by atoms with E-state index in [4.69, 9.17) is 11.5 Å². The summed E-state index contributed by atoms with van der Waals surface area (Å²) in [6.45, 7) is 16.2. The summed E-state index contributed by atoms with van der Waals surface area (Å²) in [5.41, 5.74) is 12.2. The number of anilines is 1. The van der Waals surface area contributed by atoms with Crippen molar-refractivity contribution in [2.45, 2.75) is 103 Å². The van der Waals surface area contributed by atoms with Gasteiger partial charge in [-0.25, -0.2) is 0 Å². The first-order chi connectivity index (χ1) is 21.9. The van der Waals surface area contributed by atoms with Crippen molar-refractivity contribution in [3.8, 4) is 0 Å². The van der Waals surface area contributed by atoms with Crippen molar-refractivity contribution in [1.29, 1.82) is 0 Å². The lowest BCUT2D eigenvalue weighted by molar-refractivity contribution is -0.129. The average Bonchev–Trinajstić information content (AvgIpc) is 3.38. The van der Waals surface area contributed by atoms with Crippen molar-refractivity contribution < 1.29 is 4.79 Å². The summed E-state index contributed by atoms with van der Waals surface area (Å²) >= 11 is 0. The molecule has 1 spiro atoms. The number of nitrogens with one attached hydrogen (secondary N) is 2. The number of amides is 1. The van der Waals surface area contributed by atoms with Crippen LogP contribution in [0.15, 0.2) is 30.3 Å². The Hall–Kier alpha value is -1.71. The van der Waals surface area contributed by atoms with Gasteiger partial charge < -0.3 is 27.0 Å². The number of nitrogens with zero attached hydrogens (tertiary/aromatic N) is 3. The van der Waals surface area contributed by atoms with Crippen LogP contribution in [0.4, 0.5) is 5.69 Å². The zero-order valence-corrected chi connectivity index (χ0v) is 29.0. The van der Waals surface area contributed by atoms with Crippen LogP contribution in [0.25, 0.3) is 0 Å². The summed E-state index contributed by atoms with van der Waals surface area (Å²) in [6.07, 6.45) is 13.6. The molecule has 2 aliphatic heterocycles. The van der Waals surface area contributed by atoms with E-state index < -0.39 is 5.54 Å². The summed E-state index contributed by atoms with van der Waals surface area (Å²) in [7, 11) is 0. The number of hydrogen-bond donors (Lipinski definition) is 4. The number of rotatable bonds is 19. The molecule has 1 aromatic rings. The number of carbonyl (C=O) groups excluding carboxylic acids is 1. The molecule has 3 atom stereocenters. The highest BCUT2D eigenvalue weighted by atomic mass is 16.2. The minimum Gasteiger partial charge on any atom is -0.339 e. The van der Waals surface area contributed by atoms with E-state index in [-0.39, 0.29) is 5.91 Å². The number of likely N-dealkylation sites (tertiary alicyclic amines) is 1. The molecule has 8 heteroatoms. The van der Waals surface area contributed by atoms with Gasteiger partial charge in [0.1, 0.15) is 5.54 Å². The Morgan fingerprint density at radius 2 is 1.69 bits per heavy atom. The zero-order valence-electron chi connectivity index (χ0n) is 29.0. The van der Waals surface area contributed by atoms with Gasteiger partial charge in [0, 0.05) is 70.0 Å². The summed E-state index contributed by atoms with van der Waals surface area (Å²) in [5, 5.41) is 6.94. The SMILES string of the molecule is CCC(CCCCCCNCCN(CCN)CCN)[C@H]1CN(C2CCC(C(C)C)CC2)CC[C@@]12C(=O)NCN2c1ccccc1. The molecule has 45 heavy (non-hydrogen) atoms. The predicted octanol–water partition coefficient (Wildman–Crippen LogP) is 4.64. The van der Waals surface area contributed by atoms with Crippen molar-refractivity contribution in [2.24, 2.45) is 35.1 Å². The molecule has 0 radical (unpaired) electrons. The van der Waals surface area contributed by atoms with Gasteiger partial charge >= 0.3 is 0 Å². The number of nitrogens with two attached hydrogens (primary N) is 2. The third-order valence-corrected chi connectivity index (χ3v) is 11.6. The first-order valence-electron chi connectivity index (χ1n) is 18.6. The van der Waals surface area contributed by atoms with Gasteiger partial charge in [-0.2, -0.15) is 0 Å². The molecule has 8 nitrogen and oxygen atoms in total. The van der Waals surface area contributed by atoms with E-state index in [9.17, 15) is 4.79 Å². The largest absolute Gasteiger partial charge is 0.339 e. The molecule has 4 rings (SSSR count). The van der Waals surface area contributed by atoms with Gasteiger partial charge in [0.15, 0.2) is 0 Å². The topological polar surface area (TPSA) is 103 Å². The van der Waals surface area contributed by atoms with Gasteiger partial charge in [-0.3, -0.25) is 14.6 Å². The third kappa shape index (κ3) is 9.44. The molecule has 256 valence electrons.